The van der Waals surface area contributed by atoms with Crippen molar-refractivity contribution in [3.8, 4) is 5.75 Å². The number of aliphatic carboxylic acids is 1. The predicted octanol–water partition coefficient (Wildman–Crippen LogP) is 3.11. The topological polar surface area (TPSA) is 181 Å². The van der Waals surface area contributed by atoms with Crippen LogP contribution in [0.4, 0.5) is 10.2 Å². The zero-order chi connectivity index (χ0) is 29.6. The Hall–Kier alpha value is -3.65. The molecule has 0 amide bonds. The molecule has 0 saturated carbocycles. The largest absolute Gasteiger partial charge is 0.480 e. The first-order valence-corrected chi connectivity index (χ1v) is 14.1. The van der Waals surface area contributed by atoms with Gasteiger partial charge in [-0.15, -0.1) is 0 Å². The molecule has 3 aromatic rings. The Morgan fingerprint density at radius 3 is 2.54 bits per heavy atom. The van der Waals surface area contributed by atoms with Gasteiger partial charge in [-0.25, -0.2) is 19.2 Å². The fourth-order valence-electron chi connectivity index (χ4n) is 4.03. The van der Waals surface area contributed by atoms with E-state index >= 15 is 4.39 Å². The van der Waals surface area contributed by atoms with Crippen LogP contribution >= 0.6 is 7.75 Å². The Morgan fingerprint density at radius 1 is 1.22 bits per heavy atom. The maximum atomic E-state index is 15.9. The molecule has 220 valence electrons. The Bertz CT molecular complexity index is 1430. The smallest absolute Gasteiger partial charge is 0.459 e. The normalized spacial score (nSPS) is 24.3. The van der Waals surface area contributed by atoms with Gasteiger partial charge in [0.25, 0.3) is 0 Å². The van der Waals surface area contributed by atoms with Gasteiger partial charge >= 0.3 is 19.4 Å². The molecule has 1 saturated heterocycles. The number of anilines is 1. The summed E-state index contributed by atoms with van der Waals surface area (Å²) < 4.78 is 46.1. The van der Waals surface area contributed by atoms with Crippen LogP contribution in [0.2, 0.25) is 0 Å². The lowest BCUT2D eigenvalue weighted by Crippen LogP contribution is -2.40. The van der Waals surface area contributed by atoms with Crippen LogP contribution < -0.4 is 20.8 Å². The van der Waals surface area contributed by atoms with Gasteiger partial charge in [0.1, 0.15) is 30.1 Å². The minimum atomic E-state index is -4.36. The molecule has 15 heteroatoms. The van der Waals surface area contributed by atoms with Crippen LogP contribution in [0.3, 0.4) is 0 Å². The summed E-state index contributed by atoms with van der Waals surface area (Å²) in [5.74, 6) is -1.34. The van der Waals surface area contributed by atoms with Crippen molar-refractivity contribution in [1.29, 1.82) is 0 Å². The number of aromatic amines is 1. The number of halogens is 1. The van der Waals surface area contributed by atoms with Crippen LogP contribution in [0, 0.1) is 0 Å². The highest BCUT2D eigenvalue weighted by atomic mass is 31.2. The minimum absolute atomic E-state index is 0.0329. The van der Waals surface area contributed by atoms with E-state index in [0.29, 0.717) is 0 Å². The number of H-pyrrole nitrogens is 1. The highest BCUT2D eigenvalue weighted by Crippen LogP contribution is 2.49. The molecule has 2 unspecified atom stereocenters. The summed E-state index contributed by atoms with van der Waals surface area (Å²) in [6, 6.07) is 15.7. The molecule has 0 bridgehead atoms. The lowest BCUT2D eigenvalue weighted by molar-refractivity contribution is -0.138. The molecule has 5 N–H and O–H groups in total. The van der Waals surface area contributed by atoms with Crippen molar-refractivity contribution in [3.63, 3.8) is 0 Å². The van der Waals surface area contributed by atoms with Crippen molar-refractivity contribution in [2.75, 3.05) is 12.1 Å². The number of hydrogen-bond acceptors (Lipinski definition) is 10. The molecule has 0 spiro atoms. The van der Waals surface area contributed by atoms with Gasteiger partial charge in [0.15, 0.2) is 11.5 Å². The summed E-state index contributed by atoms with van der Waals surface area (Å²) in [5.41, 5.74) is 0.219. The molecule has 1 aliphatic rings. The molecule has 6 atom stereocenters. The van der Waals surface area contributed by atoms with Gasteiger partial charge in [-0.3, -0.25) is 14.2 Å². The average molecular weight is 593 g/mol. The molecular formula is C26H30FN4O9P. The van der Waals surface area contributed by atoms with Crippen molar-refractivity contribution in [2.24, 2.45) is 0 Å². The number of carboxylic acid groups (broad SMARTS) is 1. The number of aliphatic hydroxyl groups excluding tert-OH is 1. The van der Waals surface area contributed by atoms with Gasteiger partial charge in [-0.1, -0.05) is 48.5 Å². The first-order valence-electron chi connectivity index (χ1n) is 12.5. The number of carbonyl (C=O) groups is 1. The molecule has 1 fully saturated rings. The maximum absolute atomic E-state index is 15.9. The number of rotatable bonds is 13. The number of aromatic nitrogens is 2. The van der Waals surface area contributed by atoms with Crippen LogP contribution in [-0.4, -0.2) is 56.7 Å². The van der Waals surface area contributed by atoms with Gasteiger partial charge in [0, 0.05) is 11.8 Å². The molecule has 13 nitrogen and oxygen atoms in total. The molecular weight excluding hydrogens is 562 g/mol. The molecule has 2 heterocycles. The van der Waals surface area contributed by atoms with Gasteiger partial charge < -0.3 is 24.5 Å². The van der Waals surface area contributed by atoms with E-state index in [-0.39, 0.29) is 23.7 Å². The first-order chi connectivity index (χ1) is 19.5. The number of para-hydroxylation sites is 1. The quantitative estimate of drug-likeness (QED) is 0.145. The maximum Gasteiger partial charge on any atom is 0.459 e. The number of alkyl halides is 1. The fraction of sp³-hybridized carbons (Fsp3) is 0.346. The van der Waals surface area contributed by atoms with Crippen LogP contribution in [-0.2, 0) is 30.1 Å². The zero-order valence-electron chi connectivity index (χ0n) is 22.1. The van der Waals surface area contributed by atoms with Gasteiger partial charge in [0.05, 0.1) is 13.2 Å². The fourth-order valence-corrected chi connectivity index (χ4v) is 5.54. The standard InChI is InChI=1S/C26H30FN4O9P/c1-16(24(33)34)31-41(36,40-18-11-7-4-8-12-18)38-15-20-21(32)26(2,27)22(39-20)19-13-28-25(35)29-23(19)30-37-14-17-9-5-3-6-10-17/h3-13,16,20-22,32H,14-15H2,1-2H3,(H,31,36)(H,33,34)(H2,28,29,30,35)/t16?,20-,21-,22-,26-,41?/m1/s1. The molecule has 1 aliphatic heterocycles. The van der Waals surface area contributed by atoms with E-state index in [0.717, 1.165) is 12.5 Å². The number of aliphatic hydroxyl groups is 1. The van der Waals surface area contributed by atoms with Crippen molar-refractivity contribution in [3.05, 3.63) is 88.5 Å². The van der Waals surface area contributed by atoms with E-state index in [9.17, 15) is 24.4 Å². The molecule has 4 rings (SSSR count). The van der Waals surface area contributed by atoms with Crippen molar-refractivity contribution < 1.29 is 42.6 Å². The van der Waals surface area contributed by atoms with Crippen LogP contribution in [0.15, 0.2) is 71.7 Å². The van der Waals surface area contributed by atoms with E-state index in [2.05, 4.69) is 20.5 Å². The van der Waals surface area contributed by atoms with Crippen molar-refractivity contribution >= 4 is 19.5 Å². The number of carboxylic acids is 1. The molecule has 2 aromatic carbocycles. The van der Waals surface area contributed by atoms with E-state index in [4.69, 9.17) is 18.6 Å². The number of nitrogens with one attached hydrogen (secondary N) is 3. The predicted molar refractivity (Wildman–Crippen MR) is 144 cm³/mol. The Morgan fingerprint density at radius 2 is 1.88 bits per heavy atom. The number of hydrogen-bond donors (Lipinski definition) is 5. The minimum Gasteiger partial charge on any atom is -0.480 e. The lowest BCUT2D eigenvalue weighted by atomic mass is 9.91. The third kappa shape index (κ3) is 7.55. The van der Waals surface area contributed by atoms with Crippen molar-refractivity contribution in [1.82, 2.24) is 15.1 Å². The highest BCUT2D eigenvalue weighted by Gasteiger charge is 2.56. The molecule has 0 radical (unpaired) electrons. The number of nitrogens with zero attached hydrogens (tertiary/aromatic N) is 1. The molecule has 41 heavy (non-hydrogen) atoms. The first kappa shape index (κ1) is 30.3. The summed E-state index contributed by atoms with van der Waals surface area (Å²) in [6.07, 6.45) is -3.46. The van der Waals surface area contributed by atoms with E-state index < -0.39 is 56.0 Å². The third-order valence-corrected chi connectivity index (χ3v) is 7.87. The summed E-state index contributed by atoms with van der Waals surface area (Å²) in [5, 5.41) is 22.4. The lowest BCUT2D eigenvalue weighted by Gasteiger charge is -2.25. The van der Waals surface area contributed by atoms with Gasteiger partial charge in [-0.05, 0) is 31.5 Å². The second kappa shape index (κ2) is 12.9. The molecule has 0 aliphatic carbocycles. The molecule has 1 aromatic heterocycles. The van der Waals surface area contributed by atoms with Crippen LogP contribution in [0.1, 0.15) is 31.1 Å². The summed E-state index contributed by atoms with van der Waals surface area (Å²) in [4.78, 5) is 34.9. The van der Waals surface area contributed by atoms with E-state index in [1.54, 1.807) is 18.2 Å². The monoisotopic (exact) mass is 592 g/mol. The summed E-state index contributed by atoms with van der Waals surface area (Å²) in [7, 11) is -4.36. The highest BCUT2D eigenvalue weighted by molar-refractivity contribution is 7.52. The Labute approximate surface area is 234 Å². The Balaban J connectivity index is 1.50. The second-order valence-electron chi connectivity index (χ2n) is 9.42. The average Bonchev–Trinajstić information content (AvgIpc) is 3.16. The second-order valence-corrected chi connectivity index (χ2v) is 11.1. The SMILES string of the molecule is CC(NP(=O)(OC[C@H]1O[C@H](c2c[nH]c(=O)nc2NOCc2ccccc2)[C@](C)(F)[C@@H]1O)Oc1ccccc1)C(=O)O. The van der Waals surface area contributed by atoms with Crippen molar-refractivity contribution in [2.45, 2.75) is 50.5 Å². The zero-order valence-corrected chi connectivity index (χ0v) is 23.0. The van der Waals surface area contributed by atoms with Gasteiger partial charge in [0.2, 0.25) is 0 Å². The van der Waals surface area contributed by atoms with Gasteiger partial charge in [-0.2, -0.15) is 10.1 Å². The third-order valence-electron chi connectivity index (χ3n) is 6.22. The van der Waals surface area contributed by atoms with E-state index in [1.807, 2.05) is 30.3 Å². The van der Waals surface area contributed by atoms with Crippen LogP contribution in [0.5, 0.6) is 5.75 Å². The number of benzene rings is 2. The number of ether oxygens (including phenoxy) is 1. The van der Waals surface area contributed by atoms with E-state index in [1.165, 1.54) is 25.3 Å². The van der Waals surface area contributed by atoms with Crippen LogP contribution in [0.25, 0.3) is 0 Å². The summed E-state index contributed by atoms with van der Waals surface area (Å²) in [6.45, 7) is 1.78. The summed E-state index contributed by atoms with van der Waals surface area (Å²) >= 11 is 0. The Kier molecular flexibility index (Phi) is 9.53.